The number of nitrogens with one attached hydrogen (secondary N) is 2. The molecule has 3 aliphatic rings. The van der Waals surface area contributed by atoms with E-state index in [1.54, 1.807) is 0 Å². The third-order valence-corrected chi connectivity index (χ3v) is 7.07. The Hall–Kier alpha value is -1.04. The molecule has 2 bridgehead atoms. The summed E-state index contributed by atoms with van der Waals surface area (Å²) in [6, 6.07) is 7.84. The molecule has 4 nitrogen and oxygen atoms in total. The predicted octanol–water partition coefficient (Wildman–Crippen LogP) is 3.40. The van der Waals surface area contributed by atoms with Crippen molar-refractivity contribution in [1.29, 1.82) is 0 Å². The molecule has 0 radical (unpaired) electrons. The average molecular weight is 374 g/mol. The number of nitrogens with zero attached hydrogens (tertiary/aromatic N) is 1. The van der Waals surface area contributed by atoms with Gasteiger partial charge >= 0.3 is 0 Å². The lowest BCUT2D eigenvalue weighted by atomic mass is 9.89. The largest absolute Gasteiger partial charge is 0.326 e. The number of anilines is 1. The fraction of sp³-hybridized carbons (Fsp3) is 0.667. The summed E-state index contributed by atoms with van der Waals surface area (Å²) in [5.41, 5.74) is 3.45. The normalized spacial score (nSPS) is 28.9. The zero-order valence-corrected chi connectivity index (χ0v) is 16.6. The first-order valence-electron chi connectivity index (χ1n) is 10.1. The fourth-order valence-electron chi connectivity index (χ4n) is 4.72. The molecule has 1 aromatic carbocycles. The molecule has 26 heavy (non-hydrogen) atoms. The van der Waals surface area contributed by atoms with Gasteiger partial charge in [0, 0.05) is 55.3 Å². The van der Waals surface area contributed by atoms with E-state index in [0.717, 1.165) is 43.7 Å². The Morgan fingerprint density at radius 2 is 1.96 bits per heavy atom. The monoisotopic (exact) mass is 373 g/mol. The molecule has 0 saturated carbocycles. The van der Waals surface area contributed by atoms with Crippen molar-refractivity contribution in [3.8, 4) is 0 Å². The van der Waals surface area contributed by atoms with Gasteiger partial charge in [-0.1, -0.05) is 12.1 Å². The summed E-state index contributed by atoms with van der Waals surface area (Å²) in [6.07, 6.45) is 5.57. The zero-order chi connectivity index (χ0) is 17.9. The Balaban J connectivity index is 1.34. The van der Waals surface area contributed by atoms with Gasteiger partial charge in [-0.3, -0.25) is 9.69 Å². The first-order chi connectivity index (χ1) is 12.7. The lowest BCUT2D eigenvalue weighted by molar-refractivity contribution is -0.117. The maximum absolute atomic E-state index is 12.6. The third kappa shape index (κ3) is 4.62. The molecule has 0 aromatic heterocycles. The minimum atomic E-state index is 0.186. The van der Waals surface area contributed by atoms with Crippen LogP contribution < -0.4 is 10.6 Å². The molecule has 0 spiro atoms. The van der Waals surface area contributed by atoms with E-state index in [2.05, 4.69) is 40.7 Å². The maximum atomic E-state index is 12.6. The third-order valence-electron chi connectivity index (χ3n) is 6.13. The number of fused-ring (bicyclic) bond motifs is 2. The van der Waals surface area contributed by atoms with E-state index in [0.29, 0.717) is 24.4 Å². The summed E-state index contributed by atoms with van der Waals surface area (Å²) in [4.78, 5) is 15.1. The van der Waals surface area contributed by atoms with Crippen molar-refractivity contribution in [1.82, 2.24) is 10.2 Å². The number of carbonyl (C=O) groups is 1. The van der Waals surface area contributed by atoms with Gasteiger partial charge < -0.3 is 10.6 Å². The highest BCUT2D eigenvalue weighted by atomic mass is 32.2. The molecule has 3 saturated heterocycles. The number of hydrogen-bond donors (Lipinski definition) is 2. The van der Waals surface area contributed by atoms with Crippen molar-refractivity contribution >= 4 is 23.4 Å². The summed E-state index contributed by atoms with van der Waals surface area (Å²) in [7, 11) is 0. The number of hydrogen-bond acceptors (Lipinski definition) is 4. The molecular weight excluding hydrogens is 342 g/mol. The number of aryl methyl sites for hydroxylation is 1. The first kappa shape index (κ1) is 18.3. The van der Waals surface area contributed by atoms with E-state index in [1.807, 2.05) is 11.8 Å². The van der Waals surface area contributed by atoms with E-state index in [-0.39, 0.29) is 5.91 Å². The number of thioether (sulfide) groups is 1. The second-order valence-electron chi connectivity index (χ2n) is 8.27. The lowest BCUT2D eigenvalue weighted by Gasteiger charge is -2.28. The Bertz CT molecular complexity index is 632. The highest BCUT2D eigenvalue weighted by molar-refractivity contribution is 7.99. The van der Waals surface area contributed by atoms with Crippen molar-refractivity contribution in [3.05, 3.63) is 29.3 Å². The molecule has 2 atom stereocenters. The van der Waals surface area contributed by atoms with Crippen LogP contribution in [0.1, 0.15) is 43.2 Å². The summed E-state index contributed by atoms with van der Waals surface area (Å²) < 4.78 is 0. The van der Waals surface area contributed by atoms with Crippen LogP contribution in [0.2, 0.25) is 0 Å². The minimum Gasteiger partial charge on any atom is -0.326 e. The molecular formula is C21H31N3OS. The van der Waals surface area contributed by atoms with Gasteiger partial charge in [-0.15, -0.1) is 0 Å². The molecule has 2 unspecified atom stereocenters. The first-order valence-corrected chi connectivity index (χ1v) is 11.3. The standard InChI is InChI=1S/C21H31N3OS/c1-15-2-3-16(14-24-6-8-26-9-7-24)12-20(15)23-21(25)13-17-10-18-4-5-19(11-17)22-18/h2-3,12,17-19,22H,4-11,13-14H2,1H3,(H,23,25). The minimum absolute atomic E-state index is 0.186. The summed E-state index contributed by atoms with van der Waals surface area (Å²) in [5, 5.41) is 6.86. The van der Waals surface area contributed by atoms with Gasteiger partial charge in [0.05, 0.1) is 0 Å². The van der Waals surface area contributed by atoms with E-state index in [9.17, 15) is 4.79 Å². The Morgan fingerprint density at radius 3 is 2.69 bits per heavy atom. The Labute approximate surface area is 161 Å². The second-order valence-corrected chi connectivity index (χ2v) is 9.49. The highest BCUT2D eigenvalue weighted by Gasteiger charge is 2.34. The lowest BCUT2D eigenvalue weighted by Crippen LogP contribution is -2.39. The summed E-state index contributed by atoms with van der Waals surface area (Å²) in [5.74, 6) is 3.19. The summed E-state index contributed by atoms with van der Waals surface area (Å²) >= 11 is 2.04. The number of amides is 1. The second kappa shape index (κ2) is 8.32. The SMILES string of the molecule is Cc1ccc(CN2CCSCC2)cc1NC(=O)CC1CC2CCC(C1)N2. The maximum Gasteiger partial charge on any atom is 0.224 e. The molecule has 1 aromatic rings. The van der Waals surface area contributed by atoms with E-state index in [4.69, 9.17) is 0 Å². The van der Waals surface area contributed by atoms with E-state index < -0.39 is 0 Å². The van der Waals surface area contributed by atoms with Crippen molar-refractivity contribution in [2.45, 2.75) is 57.7 Å². The van der Waals surface area contributed by atoms with Crippen molar-refractivity contribution < 1.29 is 4.79 Å². The van der Waals surface area contributed by atoms with Gasteiger partial charge in [-0.2, -0.15) is 11.8 Å². The van der Waals surface area contributed by atoms with E-state index >= 15 is 0 Å². The number of benzene rings is 1. The molecule has 3 heterocycles. The molecule has 3 aliphatic heterocycles. The molecule has 3 fully saturated rings. The van der Waals surface area contributed by atoms with Crippen LogP contribution in [0.25, 0.3) is 0 Å². The van der Waals surface area contributed by atoms with Gasteiger partial charge in [0.2, 0.25) is 5.91 Å². The van der Waals surface area contributed by atoms with Gasteiger partial charge in [-0.05, 0) is 55.7 Å². The van der Waals surface area contributed by atoms with Crippen LogP contribution in [0.15, 0.2) is 18.2 Å². The quantitative estimate of drug-likeness (QED) is 0.830. The summed E-state index contributed by atoms with van der Waals surface area (Å²) in [6.45, 7) is 5.40. The number of carbonyl (C=O) groups excluding carboxylic acids is 1. The smallest absolute Gasteiger partial charge is 0.224 e. The van der Waals surface area contributed by atoms with Gasteiger partial charge in [0.1, 0.15) is 0 Å². The van der Waals surface area contributed by atoms with Crippen molar-refractivity contribution in [2.24, 2.45) is 5.92 Å². The zero-order valence-electron chi connectivity index (χ0n) is 15.8. The van der Waals surface area contributed by atoms with Crippen LogP contribution >= 0.6 is 11.8 Å². The fourth-order valence-corrected chi connectivity index (χ4v) is 5.70. The molecule has 2 N–H and O–H groups in total. The van der Waals surface area contributed by atoms with Crippen molar-refractivity contribution in [3.63, 3.8) is 0 Å². The Kier molecular flexibility index (Phi) is 5.87. The van der Waals surface area contributed by atoms with Crippen LogP contribution in [0.4, 0.5) is 5.69 Å². The molecule has 0 aliphatic carbocycles. The predicted molar refractivity (Wildman–Crippen MR) is 110 cm³/mol. The van der Waals surface area contributed by atoms with Crippen molar-refractivity contribution in [2.75, 3.05) is 29.9 Å². The van der Waals surface area contributed by atoms with Crippen LogP contribution in [-0.2, 0) is 11.3 Å². The van der Waals surface area contributed by atoms with Crippen LogP contribution in [0.5, 0.6) is 0 Å². The number of rotatable bonds is 5. The number of piperidine rings is 1. The van der Waals surface area contributed by atoms with Gasteiger partial charge in [0.15, 0.2) is 0 Å². The molecule has 142 valence electrons. The Morgan fingerprint density at radius 1 is 1.23 bits per heavy atom. The average Bonchev–Trinajstić information content (AvgIpc) is 2.97. The van der Waals surface area contributed by atoms with Gasteiger partial charge in [0.25, 0.3) is 0 Å². The molecule has 4 rings (SSSR count). The van der Waals surface area contributed by atoms with Gasteiger partial charge in [-0.25, -0.2) is 0 Å². The van der Waals surface area contributed by atoms with E-state index in [1.165, 1.54) is 29.9 Å². The van der Waals surface area contributed by atoms with Crippen LogP contribution in [0, 0.1) is 12.8 Å². The molecule has 5 heteroatoms. The van der Waals surface area contributed by atoms with Crippen LogP contribution in [0.3, 0.4) is 0 Å². The topological polar surface area (TPSA) is 44.4 Å². The van der Waals surface area contributed by atoms with Crippen LogP contribution in [-0.4, -0.2) is 47.5 Å². The molecule has 1 amide bonds. The highest BCUT2D eigenvalue weighted by Crippen LogP contribution is 2.33.